The van der Waals surface area contributed by atoms with Crippen LogP contribution in [0.4, 0.5) is 8.39 Å². The molecule has 0 N–H and O–H groups in total. The fraction of sp³-hybridized carbons (Fsp3) is 0.706. The molecule has 0 bridgehead atoms. The maximum Gasteiger partial charge on any atom is 0.242 e. The van der Waals surface area contributed by atoms with Crippen molar-refractivity contribution in [1.82, 2.24) is 0 Å². The van der Waals surface area contributed by atoms with Crippen molar-refractivity contribution in [1.29, 1.82) is 0 Å². The van der Waals surface area contributed by atoms with Crippen molar-refractivity contribution in [2.45, 2.75) is 62.3 Å². The highest BCUT2D eigenvalue weighted by atomic mass is 31.2. The number of hydrogen-bond acceptors (Lipinski definition) is 0. The molecule has 0 amide bonds. The first-order chi connectivity index (χ1) is 8.58. The summed E-state index contributed by atoms with van der Waals surface area (Å²) >= 11 is 0. The molecule has 3 heteroatoms. The first-order valence-electron chi connectivity index (χ1n) is 7.19. The van der Waals surface area contributed by atoms with Gasteiger partial charge in [-0.25, -0.2) is 0 Å². The molecule has 116 valence electrons. The fourth-order valence-electron chi connectivity index (χ4n) is 2.34. The highest BCUT2D eigenvalue weighted by Gasteiger charge is 2.41. The van der Waals surface area contributed by atoms with Crippen LogP contribution in [0.1, 0.15) is 62.3 Å². The average Bonchev–Trinajstić information content (AvgIpc) is 2.09. The molecule has 0 radical (unpaired) electrons. The zero-order valence-electron chi connectivity index (χ0n) is 14.4. The van der Waals surface area contributed by atoms with Crippen molar-refractivity contribution >= 4 is 12.8 Å². The number of hydrogen-bond donors (Lipinski definition) is 0. The van der Waals surface area contributed by atoms with Crippen LogP contribution in [0.15, 0.2) is 23.0 Å². The normalized spacial score (nSPS) is 20.6. The summed E-state index contributed by atoms with van der Waals surface area (Å²) in [4.78, 5) is 0. The van der Waals surface area contributed by atoms with E-state index in [0.29, 0.717) is 10.6 Å². The van der Waals surface area contributed by atoms with Gasteiger partial charge >= 0.3 is 0 Å². The van der Waals surface area contributed by atoms with Gasteiger partial charge in [-0.15, -0.1) is 0 Å². The van der Waals surface area contributed by atoms with Gasteiger partial charge in [-0.05, 0) is 34.0 Å². The number of rotatable bonds is 0. The molecule has 0 atom stereocenters. The Balaban J connectivity index is 3.74. The van der Waals surface area contributed by atoms with Crippen molar-refractivity contribution in [3.8, 4) is 0 Å². The topological polar surface area (TPSA) is 0 Å². The van der Waals surface area contributed by atoms with Crippen LogP contribution in [0.5, 0.6) is 0 Å². The minimum atomic E-state index is -4.21. The molecule has 0 aromatic rings. The summed E-state index contributed by atoms with van der Waals surface area (Å²) in [5.41, 5.74) is -0.108. The van der Waals surface area contributed by atoms with E-state index in [1.165, 1.54) is 0 Å². The van der Waals surface area contributed by atoms with E-state index in [2.05, 4.69) is 20.8 Å². The maximum atomic E-state index is 15.0. The first-order valence-corrected chi connectivity index (χ1v) is 8.76. The van der Waals surface area contributed by atoms with Gasteiger partial charge < -0.3 is 0 Å². The Morgan fingerprint density at radius 3 is 1.45 bits per heavy atom. The fourth-order valence-corrected chi connectivity index (χ4v) is 4.88. The van der Waals surface area contributed by atoms with Gasteiger partial charge in [-0.2, -0.15) is 8.39 Å². The molecule has 0 nitrogen and oxygen atoms in total. The van der Waals surface area contributed by atoms with Crippen LogP contribution in [0.2, 0.25) is 0 Å². The summed E-state index contributed by atoms with van der Waals surface area (Å²) in [5, 5.41) is 0.671. The zero-order chi connectivity index (χ0) is 16.1. The quantitative estimate of drug-likeness (QED) is 0.426. The molecular weight excluding hydrogens is 273 g/mol. The van der Waals surface area contributed by atoms with E-state index in [9.17, 15) is 0 Å². The van der Waals surface area contributed by atoms with Crippen LogP contribution in [0, 0.1) is 16.2 Å². The van der Waals surface area contributed by atoms with Gasteiger partial charge in [-0.1, -0.05) is 62.3 Å². The lowest BCUT2D eigenvalue weighted by atomic mass is 9.81. The van der Waals surface area contributed by atoms with Gasteiger partial charge in [0.25, 0.3) is 0 Å². The Bertz CT molecular complexity index is 506. The molecule has 0 saturated heterocycles. The molecule has 1 aliphatic heterocycles. The smallest absolute Gasteiger partial charge is 0.189 e. The van der Waals surface area contributed by atoms with Crippen molar-refractivity contribution in [3.63, 3.8) is 0 Å². The summed E-state index contributed by atoms with van der Waals surface area (Å²) in [7, 11) is -4.21. The zero-order valence-corrected chi connectivity index (χ0v) is 15.3. The second-order valence-corrected chi connectivity index (χ2v) is 10.8. The van der Waals surface area contributed by atoms with Gasteiger partial charge in [-0.3, -0.25) is 0 Å². The molecule has 1 heterocycles. The molecule has 0 spiro atoms. The van der Waals surface area contributed by atoms with E-state index >= 15 is 8.39 Å². The Morgan fingerprint density at radius 2 is 1.15 bits per heavy atom. The highest BCUT2D eigenvalue weighted by Crippen LogP contribution is 2.69. The van der Waals surface area contributed by atoms with E-state index in [0.717, 1.165) is 5.57 Å². The van der Waals surface area contributed by atoms with Crippen LogP contribution in [0.25, 0.3) is 0 Å². The molecule has 0 fully saturated rings. The van der Waals surface area contributed by atoms with Gasteiger partial charge in [0, 0.05) is 10.6 Å². The summed E-state index contributed by atoms with van der Waals surface area (Å²) in [6.45, 7) is 17.6. The van der Waals surface area contributed by atoms with E-state index in [1.54, 1.807) is 12.2 Å². The molecule has 0 unspecified atom stereocenters. The van der Waals surface area contributed by atoms with Crippen molar-refractivity contribution in [2.24, 2.45) is 16.2 Å². The van der Waals surface area contributed by atoms with Crippen LogP contribution < -0.4 is 0 Å². The minimum Gasteiger partial charge on any atom is -0.189 e. The molecule has 0 aromatic heterocycles. The summed E-state index contributed by atoms with van der Waals surface area (Å²) in [5.74, 6) is 0. The second-order valence-electron chi connectivity index (χ2n) is 8.78. The maximum absolute atomic E-state index is 15.0. The van der Waals surface area contributed by atoms with Crippen LogP contribution in [0.3, 0.4) is 0 Å². The molecule has 1 aliphatic rings. The molecule has 1 rings (SSSR count). The monoisotopic (exact) mass is 302 g/mol. The lowest BCUT2D eigenvalue weighted by Crippen LogP contribution is -2.25. The number of halogens is 2. The summed E-state index contributed by atoms with van der Waals surface area (Å²) in [6, 6.07) is 0. The van der Waals surface area contributed by atoms with Gasteiger partial charge in [0.2, 0.25) is 7.51 Å². The predicted octanol–water partition coefficient (Wildman–Crippen LogP) is 6.91. The van der Waals surface area contributed by atoms with E-state index in [1.807, 2.05) is 41.5 Å². The minimum absolute atomic E-state index is 0.118. The van der Waals surface area contributed by atoms with Crippen molar-refractivity contribution < 1.29 is 8.39 Å². The molecular formula is C17H29F2P. The third kappa shape index (κ3) is 3.45. The molecule has 0 aliphatic carbocycles. The van der Waals surface area contributed by atoms with E-state index in [-0.39, 0.29) is 5.41 Å². The van der Waals surface area contributed by atoms with Gasteiger partial charge in [0.05, 0.1) is 0 Å². The third-order valence-corrected chi connectivity index (χ3v) is 6.40. The first kappa shape index (κ1) is 17.7. The Kier molecular flexibility index (Phi) is 4.28. The van der Waals surface area contributed by atoms with Crippen LogP contribution >= 0.6 is 7.51 Å². The van der Waals surface area contributed by atoms with E-state index < -0.39 is 18.3 Å². The lowest BCUT2D eigenvalue weighted by Gasteiger charge is -2.36. The van der Waals surface area contributed by atoms with Gasteiger partial charge in [0.1, 0.15) is 0 Å². The SMILES string of the molecule is CC(C)(C)C1=CC(C(C)(C)C)=P(F)(F)C(C(C)(C)C)=C1. The van der Waals surface area contributed by atoms with Crippen LogP contribution in [-0.2, 0) is 0 Å². The number of allylic oxidation sites excluding steroid dienone is 4. The largest absolute Gasteiger partial charge is 0.242 e. The summed E-state index contributed by atoms with van der Waals surface area (Å²) in [6.07, 6.45) is 3.53. The van der Waals surface area contributed by atoms with E-state index in [4.69, 9.17) is 0 Å². The molecule has 20 heavy (non-hydrogen) atoms. The van der Waals surface area contributed by atoms with Crippen LogP contribution in [-0.4, -0.2) is 5.29 Å². The predicted molar refractivity (Wildman–Crippen MR) is 88.7 cm³/mol. The summed E-state index contributed by atoms with van der Waals surface area (Å²) < 4.78 is 30.1. The Labute approximate surface area is 123 Å². The Morgan fingerprint density at radius 1 is 0.700 bits per heavy atom. The second kappa shape index (κ2) is 4.83. The van der Waals surface area contributed by atoms with Crippen molar-refractivity contribution in [3.05, 3.63) is 23.0 Å². The standard InChI is InChI=1S/C17H29F2P/c1-15(2,3)12-10-13(16(4,5)6)20(18,19)14(11-12)17(7,8)9/h10-11H,1-9H3. The van der Waals surface area contributed by atoms with Crippen molar-refractivity contribution in [2.75, 3.05) is 0 Å². The lowest BCUT2D eigenvalue weighted by molar-refractivity contribution is 0.495. The molecule has 0 aromatic carbocycles. The highest BCUT2D eigenvalue weighted by molar-refractivity contribution is 7.71. The van der Waals surface area contributed by atoms with Gasteiger partial charge in [0.15, 0.2) is 0 Å². The average molecular weight is 302 g/mol. The third-order valence-electron chi connectivity index (χ3n) is 3.59. The Hall–Kier alpha value is -0.360. The molecule has 0 saturated carbocycles.